The Balaban J connectivity index is 2.05. The molecule has 1 saturated heterocycles. The van der Waals surface area contributed by atoms with E-state index in [9.17, 15) is 0 Å². The highest BCUT2D eigenvalue weighted by atomic mass is 16.5. The van der Waals surface area contributed by atoms with Crippen molar-refractivity contribution in [2.24, 2.45) is 0 Å². The van der Waals surface area contributed by atoms with E-state index in [-0.39, 0.29) is 0 Å². The fourth-order valence-corrected chi connectivity index (χ4v) is 2.42. The first kappa shape index (κ1) is 13.5. The third-order valence-corrected chi connectivity index (χ3v) is 3.75. The van der Waals surface area contributed by atoms with Crippen molar-refractivity contribution in [2.75, 3.05) is 46.4 Å². The third-order valence-electron chi connectivity index (χ3n) is 3.75. The first-order valence-electron chi connectivity index (χ1n) is 6.86. The number of rotatable bonds is 5. The van der Waals surface area contributed by atoms with Crippen molar-refractivity contribution in [3.8, 4) is 0 Å². The zero-order valence-electron chi connectivity index (χ0n) is 11.5. The van der Waals surface area contributed by atoms with Gasteiger partial charge in [0.1, 0.15) is 0 Å². The minimum Gasteiger partial charge on any atom is -0.379 e. The summed E-state index contributed by atoms with van der Waals surface area (Å²) in [5.74, 6) is 0. The fraction of sp³-hybridized carbons (Fsp3) is 0.600. The summed E-state index contributed by atoms with van der Waals surface area (Å²) in [5, 5.41) is 0. The molecule has 0 aromatic heterocycles. The van der Waals surface area contributed by atoms with Gasteiger partial charge in [0.2, 0.25) is 0 Å². The molecule has 1 aliphatic heterocycles. The average Bonchev–Trinajstić information content (AvgIpc) is 2.46. The van der Waals surface area contributed by atoms with E-state index in [2.05, 4.69) is 54.1 Å². The van der Waals surface area contributed by atoms with Gasteiger partial charge in [-0.3, -0.25) is 9.80 Å². The molecular formula is C15H24N2O. The predicted octanol–water partition coefficient (Wildman–Crippen LogP) is 2.01. The van der Waals surface area contributed by atoms with Crippen molar-refractivity contribution in [1.29, 1.82) is 0 Å². The van der Waals surface area contributed by atoms with Gasteiger partial charge in [0.05, 0.1) is 13.2 Å². The molecule has 0 amide bonds. The van der Waals surface area contributed by atoms with Crippen LogP contribution in [0.25, 0.3) is 0 Å². The van der Waals surface area contributed by atoms with Gasteiger partial charge in [-0.2, -0.15) is 0 Å². The number of hydrogen-bond acceptors (Lipinski definition) is 3. The average molecular weight is 248 g/mol. The lowest BCUT2D eigenvalue weighted by molar-refractivity contribution is 0.0252. The zero-order valence-corrected chi connectivity index (χ0v) is 11.5. The second-order valence-corrected chi connectivity index (χ2v) is 4.91. The van der Waals surface area contributed by atoms with Crippen molar-refractivity contribution in [3.63, 3.8) is 0 Å². The smallest absolute Gasteiger partial charge is 0.0594 e. The monoisotopic (exact) mass is 248 g/mol. The van der Waals surface area contributed by atoms with E-state index >= 15 is 0 Å². The summed E-state index contributed by atoms with van der Waals surface area (Å²) in [4.78, 5) is 4.93. The lowest BCUT2D eigenvalue weighted by atomic mass is 10.0. The molecule has 1 unspecified atom stereocenters. The first-order valence-corrected chi connectivity index (χ1v) is 6.86. The van der Waals surface area contributed by atoms with Crippen LogP contribution < -0.4 is 0 Å². The van der Waals surface area contributed by atoms with Gasteiger partial charge in [-0.15, -0.1) is 0 Å². The maximum absolute atomic E-state index is 5.42. The van der Waals surface area contributed by atoms with E-state index in [0.717, 1.165) is 39.4 Å². The highest BCUT2D eigenvalue weighted by Gasteiger charge is 2.20. The van der Waals surface area contributed by atoms with Gasteiger partial charge in [-0.25, -0.2) is 0 Å². The zero-order chi connectivity index (χ0) is 12.8. The molecule has 0 N–H and O–H groups in total. The number of nitrogens with zero attached hydrogens (tertiary/aromatic N) is 2. The molecule has 0 saturated carbocycles. The molecule has 2 rings (SSSR count). The molecule has 1 heterocycles. The molecule has 18 heavy (non-hydrogen) atoms. The summed E-state index contributed by atoms with van der Waals surface area (Å²) < 4.78 is 5.42. The topological polar surface area (TPSA) is 15.7 Å². The highest BCUT2D eigenvalue weighted by molar-refractivity contribution is 5.19. The Bertz CT molecular complexity index is 336. The Kier molecular flexibility index (Phi) is 5.17. The SMILES string of the molecule is CCN(C)C(CN1CCOCC1)c1ccccc1. The van der Waals surface area contributed by atoms with Crippen LogP contribution in [-0.2, 0) is 4.74 Å². The quantitative estimate of drug-likeness (QED) is 0.793. The van der Waals surface area contributed by atoms with Crippen molar-refractivity contribution < 1.29 is 4.74 Å². The maximum Gasteiger partial charge on any atom is 0.0594 e. The molecule has 3 heteroatoms. The Morgan fingerprint density at radius 2 is 1.89 bits per heavy atom. The van der Waals surface area contributed by atoms with Crippen LogP contribution in [0.4, 0.5) is 0 Å². The molecule has 1 aromatic rings. The van der Waals surface area contributed by atoms with Crippen LogP contribution in [0.15, 0.2) is 30.3 Å². The molecule has 100 valence electrons. The molecule has 1 aliphatic rings. The number of ether oxygens (including phenoxy) is 1. The molecule has 0 aliphatic carbocycles. The van der Waals surface area contributed by atoms with Gasteiger partial charge in [0, 0.05) is 25.7 Å². The molecule has 1 atom stereocenters. The molecular weight excluding hydrogens is 224 g/mol. The van der Waals surface area contributed by atoms with E-state index < -0.39 is 0 Å². The number of morpholine rings is 1. The standard InChI is InChI=1S/C15H24N2O/c1-3-16(2)15(14-7-5-4-6-8-14)13-17-9-11-18-12-10-17/h4-8,15H,3,9-13H2,1-2H3. The van der Waals surface area contributed by atoms with E-state index in [4.69, 9.17) is 4.74 Å². The van der Waals surface area contributed by atoms with Crippen LogP contribution in [0.1, 0.15) is 18.5 Å². The number of hydrogen-bond donors (Lipinski definition) is 0. The number of likely N-dealkylation sites (N-methyl/N-ethyl adjacent to an activating group) is 1. The maximum atomic E-state index is 5.42. The summed E-state index contributed by atoms with van der Waals surface area (Å²) >= 11 is 0. The summed E-state index contributed by atoms with van der Waals surface area (Å²) in [6, 6.07) is 11.3. The summed E-state index contributed by atoms with van der Waals surface area (Å²) in [6.07, 6.45) is 0. The van der Waals surface area contributed by atoms with Gasteiger partial charge in [0.15, 0.2) is 0 Å². The van der Waals surface area contributed by atoms with Crippen LogP contribution in [0.2, 0.25) is 0 Å². The molecule has 1 aromatic carbocycles. The third kappa shape index (κ3) is 3.55. The highest BCUT2D eigenvalue weighted by Crippen LogP contribution is 2.20. The van der Waals surface area contributed by atoms with E-state index in [1.165, 1.54) is 5.56 Å². The molecule has 1 fully saturated rings. The molecule has 0 bridgehead atoms. The largest absolute Gasteiger partial charge is 0.379 e. The van der Waals surface area contributed by atoms with Crippen LogP contribution in [-0.4, -0.2) is 56.2 Å². The van der Waals surface area contributed by atoms with Crippen molar-refractivity contribution in [3.05, 3.63) is 35.9 Å². The lowest BCUT2D eigenvalue weighted by Gasteiger charge is -2.34. The van der Waals surface area contributed by atoms with Gasteiger partial charge >= 0.3 is 0 Å². The van der Waals surface area contributed by atoms with Gasteiger partial charge < -0.3 is 4.74 Å². The Hall–Kier alpha value is -0.900. The predicted molar refractivity (Wildman–Crippen MR) is 74.7 cm³/mol. The minimum absolute atomic E-state index is 0.481. The van der Waals surface area contributed by atoms with Gasteiger partial charge in [-0.1, -0.05) is 37.3 Å². The van der Waals surface area contributed by atoms with Crippen molar-refractivity contribution in [1.82, 2.24) is 9.80 Å². The van der Waals surface area contributed by atoms with Crippen LogP contribution >= 0.6 is 0 Å². The fourth-order valence-electron chi connectivity index (χ4n) is 2.42. The Labute approximate surface area is 110 Å². The first-order chi connectivity index (χ1) is 8.81. The minimum atomic E-state index is 0.481. The van der Waals surface area contributed by atoms with E-state index in [1.807, 2.05) is 0 Å². The van der Waals surface area contributed by atoms with Crippen molar-refractivity contribution >= 4 is 0 Å². The molecule has 0 radical (unpaired) electrons. The Morgan fingerprint density at radius 1 is 1.22 bits per heavy atom. The van der Waals surface area contributed by atoms with Crippen LogP contribution in [0.5, 0.6) is 0 Å². The normalized spacial score (nSPS) is 19.1. The van der Waals surface area contributed by atoms with Crippen LogP contribution in [0, 0.1) is 0 Å². The van der Waals surface area contributed by atoms with E-state index in [0.29, 0.717) is 6.04 Å². The molecule has 0 spiro atoms. The Morgan fingerprint density at radius 3 is 2.50 bits per heavy atom. The number of benzene rings is 1. The summed E-state index contributed by atoms with van der Waals surface area (Å²) in [7, 11) is 2.21. The summed E-state index contributed by atoms with van der Waals surface area (Å²) in [6.45, 7) is 8.24. The van der Waals surface area contributed by atoms with Gasteiger partial charge in [-0.05, 0) is 19.2 Å². The second kappa shape index (κ2) is 6.88. The molecule has 3 nitrogen and oxygen atoms in total. The van der Waals surface area contributed by atoms with E-state index in [1.54, 1.807) is 0 Å². The second-order valence-electron chi connectivity index (χ2n) is 4.91. The van der Waals surface area contributed by atoms with Crippen LogP contribution in [0.3, 0.4) is 0 Å². The van der Waals surface area contributed by atoms with Crippen molar-refractivity contribution in [2.45, 2.75) is 13.0 Å². The van der Waals surface area contributed by atoms with Gasteiger partial charge in [0.25, 0.3) is 0 Å². The summed E-state index contributed by atoms with van der Waals surface area (Å²) in [5.41, 5.74) is 1.41. The lowest BCUT2D eigenvalue weighted by Crippen LogP contribution is -2.42.